The smallest absolute Gasteiger partial charge is 0.338 e. The van der Waals surface area contributed by atoms with Crippen molar-refractivity contribution in [2.24, 2.45) is 29.6 Å². The topological polar surface area (TPSA) is 387 Å². The van der Waals surface area contributed by atoms with Gasteiger partial charge in [-0.25, -0.2) is 9.59 Å². The Hall–Kier alpha value is -5.40. The molecule has 1 aliphatic heterocycles. The number of aryl methyl sites for hydroxylation is 3. The second-order valence-corrected chi connectivity index (χ2v) is 26.3. The molecule has 25 nitrogen and oxygen atoms in total. The molecule has 1 saturated heterocycles. The number of aromatic nitrogens is 3. The predicted octanol–water partition coefficient (Wildman–Crippen LogP) is 4.60. The summed E-state index contributed by atoms with van der Waals surface area (Å²) < 4.78 is 103. The van der Waals surface area contributed by atoms with E-state index < -0.39 is 152 Å². The van der Waals surface area contributed by atoms with Gasteiger partial charge in [-0.05, 0) is 112 Å². The highest BCUT2D eigenvalue weighted by atomic mass is 32.2. The first kappa shape index (κ1) is 66.6. The minimum absolute atomic E-state index is 0.0106. The standard InChI is InChI=1S/C59H80N4O21S2/c1-4-35-27-37(42(66)18-12-11-17-38-29-63(62-61-38)22-21-49(67)60-41-19-20-47(85(74,75)76)39-23-32(2)24-48(50(39)41)86(77,78)79)28-44(54(35)80-43-25-33(3)51(68)40(30-64)52(43)69)82-59-56(84-58(73)36-15-9-6-10-16-36)55(53(70)46(31-65)83-59)81-45(57(71)72)26-34-13-7-5-8-14-34/h6,9-10,15-16,19-20,23-24,29,33-35,37,40,43-46,51-56,59,64-65,68-70H,4-5,7-8,11-14,17-18,21-22,25-28,30-31H2,1-3H3,(H,60,67)(H,71,72)(H,74,75,76)(H,77,78,79)/t33?,35?,37?,40?,43?,44?,45-,46?,51?,52?,53?,54?,55?,56?,59?/m0/s1. The summed E-state index contributed by atoms with van der Waals surface area (Å²) in [5.74, 6) is -5.26. The number of carboxylic acids is 1. The first-order valence-electron chi connectivity index (χ1n) is 29.5. The molecule has 1 amide bonds. The maximum Gasteiger partial charge on any atom is 0.338 e. The summed E-state index contributed by atoms with van der Waals surface area (Å²) in [7, 11) is -9.79. The highest BCUT2D eigenvalue weighted by Gasteiger charge is 2.54. The summed E-state index contributed by atoms with van der Waals surface area (Å²) in [6, 6.07) is 12.4. The van der Waals surface area contributed by atoms with E-state index in [1.807, 2.05) is 6.92 Å². The predicted molar refractivity (Wildman–Crippen MR) is 305 cm³/mol. The van der Waals surface area contributed by atoms with E-state index in [-0.39, 0.29) is 77.9 Å². The van der Waals surface area contributed by atoms with Crippen LogP contribution >= 0.6 is 0 Å². The van der Waals surface area contributed by atoms with Gasteiger partial charge in [-0.15, -0.1) is 5.10 Å². The van der Waals surface area contributed by atoms with Crippen molar-refractivity contribution < 1.29 is 99.4 Å². The van der Waals surface area contributed by atoms with E-state index in [4.69, 9.17) is 23.7 Å². The fraction of sp³-hybridized carbons (Fsp3) is 0.627. The van der Waals surface area contributed by atoms with Crippen molar-refractivity contribution in [3.05, 3.63) is 77.6 Å². The molecule has 2 heterocycles. The number of fused-ring (bicyclic) bond motifs is 1. The molecule has 4 fully saturated rings. The van der Waals surface area contributed by atoms with Gasteiger partial charge in [0.05, 0.1) is 67.2 Å². The van der Waals surface area contributed by atoms with Crippen LogP contribution in [0.25, 0.3) is 10.8 Å². The number of ketones is 1. The Morgan fingerprint density at radius 2 is 1.53 bits per heavy atom. The molecule has 15 atom stereocenters. The summed E-state index contributed by atoms with van der Waals surface area (Å²) in [6.07, 6.45) is -6.30. The third kappa shape index (κ3) is 16.3. The van der Waals surface area contributed by atoms with Crippen molar-refractivity contribution in [2.45, 2.75) is 201 Å². The number of hydrogen-bond donors (Lipinski definition) is 9. The number of carbonyl (C=O) groups is 4. The second-order valence-electron chi connectivity index (χ2n) is 23.5. The molecule has 0 bridgehead atoms. The van der Waals surface area contributed by atoms with Crippen molar-refractivity contribution in [3.63, 3.8) is 0 Å². The number of nitrogens with zero attached hydrogens (tertiary/aromatic N) is 3. The highest BCUT2D eigenvalue weighted by Crippen LogP contribution is 2.43. The average Bonchev–Trinajstić information content (AvgIpc) is 1.61. The van der Waals surface area contributed by atoms with Gasteiger partial charge in [0.2, 0.25) is 5.91 Å². The normalized spacial score (nSPS) is 28.9. The molecule has 1 aromatic heterocycles. The molecular formula is C59H80N4O21S2. The van der Waals surface area contributed by atoms with Crippen LogP contribution in [0.4, 0.5) is 5.69 Å². The summed E-state index contributed by atoms with van der Waals surface area (Å²) in [4.78, 5) is 53.3. The monoisotopic (exact) mass is 1240 g/mol. The van der Waals surface area contributed by atoms with Crippen LogP contribution in [0.5, 0.6) is 0 Å². The zero-order chi connectivity index (χ0) is 62.2. The van der Waals surface area contributed by atoms with E-state index in [1.165, 1.54) is 29.8 Å². The fourth-order valence-electron chi connectivity index (χ4n) is 12.8. The molecule has 3 aromatic carbocycles. The zero-order valence-electron chi connectivity index (χ0n) is 48.3. The molecule has 3 aliphatic carbocycles. The number of esters is 1. The molecule has 0 radical (unpaired) electrons. The van der Waals surface area contributed by atoms with Crippen molar-refractivity contribution in [1.29, 1.82) is 0 Å². The molecule has 14 unspecified atom stereocenters. The third-order valence-electron chi connectivity index (χ3n) is 17.4. The first-order chi connectivity index (χ1) is 40.9. The van der Waals surface area contributed by atoms with Gasteiger partial charge in [0.15, 0.2) is 18.5 Å². The number of Topliss-reactive ketones (excluding diaryl/α,β-unsaturated/α-hetero) is 1. The second kappa shape index (κ2) is 29.3. The van der Waals surface area contributed by atoms with Crippen LogP contribution in [-0.2, 0) is 71.3 Å². The molecule has 27 heteroatoms. The van der Waals surface area contributed by atoms with Crippen LogP contribution in [0.3, 0.4) is 0 Å². The van der Waals surface area contributed by atoms with E-state index in [0.29, 0.717) is 37.8 Å². The van der Waals surface area contributed by atoms with Crippen molar-refractivity contribution >= 4 is 60.3 Å². The minimum atomic E-state index is -4.94. The average molecular weight is 1250 g/mol. The SMILES string of the molecule is CCC1CC(C(=O)CCCCc2cn(CCC(=O)Nc3ccc(S(=O)(=O)O)c4cc(C)cc(S(=O)(=O)O)c34)nn2)CC(OC2OC(CO)C(O)C(O[C@@H](CC3CCCCC3)C(=O)O)C2OC(=O)c2ccccc2)C1OC1CC(C)C(O)C(CO)C1O. The molecule has 0 spiro atoms. The van der Waals surface area contributed by atoms with Gasteiger partial charge in [0.25, 0.3) is 20.2 Å². The molecule has 8 rings (SSSR count). The lowest BCUT2D eigenvalue weighted by atomic mass is 9.73. The summed E-state index contributed by atoms with van der Waals surface area (Å²) in [6.45, 7) is 3.86. The number of anilines is 1. The number of benzene rings is 3. The van der Waals surface area contributed by atoms with Crippen molar-refractivity contribution in [3.8, 4) is 0 Å². The van der Waals surface area contributed by atoms with Gasteiger partial charge in [-0.2, -0.15) is 16.8 Å². The van der Waals surface area contributed by atoms with E-state index in [2.05, 4.69) is 15.6 Å². The van der Waals surface area contributed by atoms with Gasteiger partial charge in [-0.1, -0.05) is 75.8 Å². The van der Waals surface area contributed by atoms with Crippen molar-refractivity contribution in [1.82, 2.24) is 15.0 Å². The molecule has 86 heavy (non-hydrogen) atoms. The van der Waals surface area contributed by atoms with Gasteiger partial charge in [0.1, 0.15) is 33.9 Å². The number of aliphatic carboxylic acids is 1. The van der Waals surface area contributed by atoms with E-state index in [1.54, 1.807) is 31.3 Å². The fourth-order valence-corrected chi connectivity index (χ4v) is 14.3. The number of ether oxygens (including phenoxy) is 5. The molecule has 3 saturated carbocycles. The molecular weight excluding hydrogens is 1160 g/mol. The lowest BCUT2D eigenvalue weighted by Crippen LogP contribution is -2.64. The number of carbonyl (C=O) groups excluding carboxylic acids is 3. The molecule has 4 aromatic rings. The number of aliphatic hydroxyl groups is 5. The Morgan fingerprint density at radius 1 is 0.814 bits per heavy atom. The van der Waals surface area contributed by atoms with Crippen LogP contribution in [0, 0.1) is 36.5 Å². The van der Waals surface area contributed by atoms with Crippen LogP contribution in [-0.4, -0.2) is 176 Å². The van der Waals surface area contributed by atoms with Gasteiger partial charge >= 0.3 is 11.9 Å². The summed E-state index contributed by atoms with van der Waals surface area (Å²) in [5.41, 5.74) is 0.783. The maximum atomic E-state index is 14.4. The Kier molecular flexibility index (Phi) is 22.7. The number of hydrogen-bond acceptors (Lipinski definition) is 20. The van der Waals surface area contributed by atoms with Crippen LogP contribution in [0.15, 0.2) is 70.6 Å². The number of rotatable bonds is 26. The van der Waals surface area contributed by atoms with E-state index in [9.17, 15) is 75.8 Å². The Labute approximate surface area is 499 Å². The van der Waals surface area contributed by atoms with Crippen molar-refractivity contribution in [2.75, 3.05) is 18.5 Å². The number of nitrogens with one attached hydrogen (secondary N) is 1. The van der Waals surface area contributed by atoms with Crippen LogP contribution < -0.4 is 5.32 Å². The highest BCUT2D eigenvalue weighted by molar-refractivity contribution is 7.86. The van der Waals surface area contributed by atoms with Crippen LogP contribution in [0.2, 0.25) is 0 Å². The number of aliphatic hydroxyl groups excluding tert-OH is 5. The number of carboxylic acid groups (broad SMARTS) is 1. The molecule has 4 aliphatic rings. The molecule has 474 valence electrons. The van der Waals surface area contributed by atoms with Gasteiger partial charge in [0, 0.05) is 41.6 Å². The summed E-state index contributed by atoms with van der Waals surface area (Å²) in [5, 5.41) is 76.1. The maximum absolute atomic E-state index is 14.4. The Bertz CT molecular complexity index is 3220. The van der Waals surface area contributed by atoms with Gasteiger partial charge < -0.3 is 59.6 Å². The van der Waals surface area contributed by atoms with E-state index in [0.717, 1.165) is 50.3 Å². The number of amides is 1. The zero-order valence-corrected chi connectivity index (χ0v) is 49.9. The third-order valence-corrected chi connectivity index (χ3v) is 19.2. The quantitative estimate of drug-likeness (QED) is 0.0235. The minimum Gasteiger partial charge on any atom is -0.479 e. The lowest BCUT2D eigenvalue weighted by molar-refractivity contribution is -0.333. The lowest BCUT2D eigenvalue weighted by Gasteiger charge is -2.49. The summed E-state index contributed by atoms with van der Waals surface area (Å²) >= 11 is 0. The van der Waals surface area contributed by atoms with Gasteiger partial charge in [-0.3, -0.25) is 23.4 Å². The molecule has 9 N–H and O–H groups in total. The van der Waals surface area contributed by atoms with E-state index >= 15 is 0 Å². The Balaban J connectivity index is 0.971. The van der Waals surface area contributed by atoms with Crippen LogP contribution in [0.1, 0.15) is 125 Å². The number of unbranched alkanes of at least 4 members (excludes halogenated alkanes) is 1. The first-order valence-corrected chi connectivity index (χ1v) is 32.4. The Morgan fingerprint density at radius 3 is 2.20 bits per heavy atom. The largest absolute Gasteiger partial charge is 0.479 e.